The Morgan fingerprint density at radius 3 is 2.48 bits per heavy atom. The maximum absolute atomic E-state index is 6.20. The Balaban J connectivity index is 1.72. The number of benzene rings is 2. The molecule has 3 aromatic heterocycles. The molecule has 130 valence electrons. The minimum Gasteiger partial charge on any atom is -0.399 e. The van der Waals surface area contributed by atoms with Gasteiger partial charge in [0.15, 0.2) is 11.5 Å². The minimum absolute atomic E-state index is 0.393. The Bertz CT molecular complexity index is 1290. The van der Waals surface area contributed by atoms with Crippen molar-refractivity contribution in [2.75, 3.05) is 11.5 Å². The highest BCUT2D eigenvalue weighted by molar-refractivity contribution is 5.89. The number of aromatic nitrogens is 4. The molecule has 0 aliphatic rings. The van der Waals surface area contributed by atoms with Crippen molar-refractivity contribution in [1.29, 1.82) is 0 Å². The van der Waals surface area contributed by atoms with Crippen LogP contribution in [-0.4, -0.2) is 19.6 Å². The molecule has 0 saturated carbocycles. The van der Waals surface area contributed by atoms with Crippen LogP contribution >= 0.6 is 0 Å². The van der Waals surface area contributed by atoms with Crippen molar-refractivity contribution in [3.63, 3.8) is 0 Å². The number of nitrogens with zero attached hydrogens (tertiary/aromatic N) is 4. The molecule has 5 rings (SSSR count). The quantitative estimate of drug-likeness (QED) is 0.472. The predicted molar refractivity (Wildman–Crippen MR) is 108 cm³/mol. The van der Waals surface area contributed by atoms with Gasteiger partial charge in [-0.2, -0.15) is 0 Å². The van der Waals surface area contributed by atoms with Gasteiger partial charge in [-0.25, -0.2) is 14.5 Å². The van der Waals surface area contributed by atoms with Gasteiger partial charge in [-0.15, -0.1) is 5.10 Å². The maximum Gasteiger partial charge on any atom is 0.185 e. The lowest BCUT2D eigenvalue weighted by molar-refractivity contribution is 0.974. The highest BCUT2D eigenvalue weighted by Gasteiger charge is 2.14. The maximum atomic E-state index is 6.20. The molecule has 0 saturated heterocycles. The molecule has 4 N–H and O–H groups in total. The standard InChI is InChI=1S/C21H16N6/c22-15-9-10-17-14(11-15)12-16(20(23)24-17)21-25-19-8-4-7-18(27(19)26-21)13-5-2-1-3-6-13/h1-12H,22H2,(H2,23,24). The Morgan fingerprint density at radius 1 is 0.778 bits per heavy atom. The van der Waals surface area contributed by atoms with E-state index >= 15 is 0 Å². The lowest BCUT2D eigenvalue weighted by atomic mass is 10.1. The monoisotopic (exact) mass is 352 g/mol. The van der Waals surface area contributed by atoms with Crippen LogP contribution in [0.4, 0.5) is 11.5 Å². The van der Waals surface area contributed by atoms with Crippen LogP contribution in [0.2, 0.25) is 0 Å². The van der Waals surface area contributed by atoms with Gasteiger partial charge in [0.1, 0.15) is 5.82 Å². The highest BCUT2D eigenvalue weighted by Crippen LogP contribution is 2.28. The Kier molecular flexibility index (Phi) is 3.30. The van der Waals surface area contributed by atoms with Gasteiger partial charge in [0, 0.05) is 16.6 Å². The van der Waals surface area contributed by atoms with Gasteiger partial charge in [0.05, 0.1) is 16.8 Å². The molecular formula is C21H16N6. The van der Waals surface area contributed by atoms with E-state index in [1.807, 2.05) is 77.3 Å². The topological polar surface area (TPSA) is 95.1 Å². The molecule has 0 unspecified atom stereocenters. The minimum atomic E-state index is 0.393. The third-order valence-corrected chi connectivity index (χ3v) is 4.54. The smallest absolute Gasteiger partial charge is 0.185 e. The average Bonchev–Trinajstić information content (AvgIpc) is 3.12. The first-order valence-corrected chi connectivity index (χ1v) is 8.56. The van der Waals surface area contributed by atoms with Crippen molar-refractivity contribution < 1.29 is 0 Å². The molecule has 3 heterocycles. The van der Waals surface area contributed by atoms with Crippen molar-refractivity contribution in [1.82, 2.24) is 19.6 Å². The van der Waals surface area contributed by atoms with Crippen LogP contribution < -0.4 is 11.5 Å². The molecule has 27 heavy (non-hydrogen) atoms. The van der Waals surface area contributed by atoms with E-state index in [1.54, 1.807) is 0 Å². The summed E-state index contributed by atoms with van der Waals surface area (Å²) in [6, 6.07) is 23.5. The summed E-state index contributed by atoms with van der Waals surface area (Å²) in [5, 5.41) is 5.61. The highest BCUT2D eigenvalue weighted by atomic mass is 15.3. The van der Waals surface area contributed by atoms with Crippen molar-refractivity contribution in [2.45, 2.75) is 0 Å². The van der Waals surface area contributed by atoms with Gasteiger partial charge in [-0.3, -0.25) is 0 Å². The van der Waals surface area contributed by atoms with Gasteiger partial charge in [0.25, 0.3) is 0 Å². The Labute approximate surface area is 155 Å². The molecule has 0 fully saturated rings. The summed E-state index contributed by atoms with van der Waals surface area (Å²) in [5.74, 6) is 0.928. The van der Waals surface area contributed by atoms with E-state index in [4.69, 9.17) is 16.6 Å². The fraction of sp³-hybridized carbons (Fsp3) is 0. The third kappa shape index (κ3) is 2.55. The summed E-state index contributed by atoms with van der Waals surface area (Å²) in [6.45, 7) is 0. The molecule has 0 radical (unpaired) electrons. The second kappa shape index (κ2) is 5.81. The second-order valence-electron chi connectivity index (χ2n) is 6.36. The van der Waals surface area contributed by atoms with Crippen LogP contribution in [0, 0.1) is 0 Å². The first kappa shape index (κ1) is 15.3. The molecule has 6 nitrogen and oxygen atoms in total. The number of pyridine rings is 2. The van der Waals surface area contributed by atoms with Gasteiger partial charge < -0.3 is 11.5 Å². The number of nitrogen functional groups attached to an aromatic ring is 2. The number of fused-ring (bicyclic) bond motifs is 2. The van der Waals surface area contributed by atoms with Crippen LogP contribution in [0.1, 0.15) is 0 Å². The van der Waals surface area contributed by atoms with E-state index in [1.165, 1.54) is 0 Å². The first-order chi connectivity index (χ1) is 13.2. The van der Waals surface area contributed by atoms with E-state index in [2.05, 4.69) is 9.97 Å². The summed E-state index contributed by atoms with van der Waals surface area (Å²) in [5.41, 5.74) is 17.0. The number of hydrogen-bond acceptors (Lipinski definition) is 5. The molecule has 0 aliphatic heterocycles. The zero-order valence-electron chi connectivity index (χ0n) is 14.4. The van der Waals surface area contributed by atoms with Gasteiger partial charge in [-0.1, -0.05) is 36.4 Å². The summed E-state index contributed by atoms with van der Waals surface area (Å²) in [7, 11) is 0. The Hall–Kier alpha value is -3.93. The van der Waals surface area contributed by atoms with Crippen molar-refractivity contribution in [3.8, 4) is 22.6 Å². The summed E-state index contributed by atoms with van der Waals surface area (Å²) in [4.78, 5) is 9.14. The number of anilines is 2. The second-order valence-corrected chi connectivity index (χ2v) is 6.36. The Morgan fingerprint density at radius 2 is 1.63 bits per heavy atom. The number of rotatable bonds is 2. The van der Waals surface area contributed by atoms with Crippen molar-refractivity contribution >= 4 is 28.1 Å². The van der Waals surface area contributed by atoms with E-state index in [-0.39, 0.29) is 0 Å². The van der Waals surface area contributed by atoms with Gasteiger partial charge in [0.2, 0.25) is 0 Å². The summed E-state index contributed by atoms with van der Waals surface area (Å²) >= 11 is 0. The van der Waals surface area contributed by atoms with Crippen LogP contribution in [0.5, 0.6) is 0 Å². The van der Waals surface area contributed by atoms with Gasteiger partial charge >= 0.3 is 0 Å². The van der Waals surface area contributed by atoms with Crippen molar-refractivity contribution in [3.05, 3.63) is 72.8 Å². The first-order valence-electron chi connectivity index (χ1n) is 8.56. The molecule has 2 aromatic carbocycles. The van der Waals surface area contributed by atoms with E-state index in [0.717, 1.165) is 27.8 Å². The molecule has 5 aromatic rings. The zero-order chi connectivity index (χ0) is 18.4. The lowest BCUT2D eigenvalue weighted by Gasteiger charge is -2.05. The normalized spacial score (nSPS) is 11.3. The third-order valence-electron chi connectivity index (χ3n) is 4.54. The largest absolute Gasteiger partial charge is 0.399 e. The summed E-state index contributed by atoms with van der Waals surface area (Å²) in [6.07, 6.45) is 0. The van der Waals surface area contributed by atoms with Crippen molar-refractivity contribution in [2.24, 2.45) is 0 Å². The predicted octanol–water partition coefficient (Wildman–Crippen LogP) is 3.78. The summed E-state index contributed by atoms with van der Waals surface area (Å²) < 4.78 is 1.83. The molecule has 0 aliphatic carbocycles. The molecule has 0 spiro atoms. The fourth-order valence-electron chi connectivity index (χ4n) is 3.24. The van der Waals surface area contributed by atoms with Crippen LogP contribution in [0.3, 0.4) is 0 Å². The number of hydrogen-bond donors (Lipinski definition) is 2. The van der Waals surface area contributed by atoms with Crippen LogP contribution in [-0.2, 0) is 0 Å². The molecule has 0 bridgehead atoms. The number of nitrogens with two attached hydrogens (primary N) is 2. The van der Waals surface area contributed by atoms with Crippen LogP contribution in [0.15, 0.2) is 72.8 Å². The lowest BCUT2D eigenvalue weighted by Crippen LogP contribution is -1.97. The zero-order valence-corrected chi connectivity index (χ0v) is 14.4. The SMILES string of the molecule is Nc1ccc2nc(N)c(-c3nc4cccc(-c5ccccc5)n4n3)cc2c1. The fourth-order valence-corrected chi connectivity index (χ4v) is 3.24. The molecule has 6 heteroatoms. The van der Waals surface area contributed by atoms with E-state index in [0.29, 0.717) is 22.9 Å². The van der Waals surface area contributed by atoms with Gasteiger partial charge in [-0.05, 0) is 36.4 Å². The van der Waals surface area contributed by atoms with E-state index < -0.39 is 0 Å². The van der Waals surface area contributed by atoms with E-state index in [9.17, 15) is 0 Å². The average molecular weight is 352 g/mol. The van der Waals surface area contributed by atoms with Crippen LogP contribution in [0.25, 0.3) is 39.2 Å². The molecular weight excluding hydrogens is 336 g/mol. The molecule has 0 atom stereocenters. The molecule has 0 amide bonds.